The smallest absolute Gasteiger partial charge is 0.252 e. The zero-order chi connectivity index (χ0) is 19.6. The van der Waals surface area contributed by atoms with Crippen LogP contribution in [0.2, 0.25) is 0 Å². The molecule has 0 saturated carbocycles. The van der Waals surface area contributed by atoms with E-state index in [9.17, 15) is 9.59 Å². The minimum Gasteiger partial charge on any atom is -0.457 e. The second kappa shape index (κ2) is 10.3. The summed E-state index contributed by atoms with van der Waals surface area (Å²) in [5.74, 6) is 1.36. The first-order chi connectivity index (χ1) is 13.7. The van der Waals surface area contributed by atoms with Gasteiger partial charge in [0.05, 0.1) is 0 Å². The Morgan fingerprint density at radius 1 is 0.929 bits per heavy atom. The van der Waals surface area contributed by atoms with Crippen LogP contribution in [0.4, 0.5) is 0 Å². The maximum Gasteiger partial charge on any atom is 0.252 e. The molecule has 0 saturated heterocycles. The molecule has 0 atom stereocenters. The molecule has 1 aromatic heterocycles. The summed E-state index contributed by atoms with van der Waals surface area (Å²) in [6.07, 6.45) is 0.961. The molecule has 5 nitrogen and oxygen atoms in total. The fourth-order valence-electron chi connectivity index (χ4n) is 2.58. The molecule has 0 unspecified atom stereocenters. The molecule has 0 aliphatic carbocycles. The molecule has 0 spiro atoms. The number of para-hydroxylation sites is 1. The van der Waals surface area contributed by atoms with E-state index in [0.29, 0.717) is 31.5 Å². The maximum atomic E-state index is 12.0. The standard InChI is InChI=1S/C22H22N2O3S/c25-21(10-5-12-23-22(26)18-11-13-28-16-18)24-15-17-6-4-9-20(14-17)27-19-7-2-1-3-8-19/h1-4,6-9,11,13-14,16H,5,10,12,15H2,(H,23,26)(H,24,25). The van der Waals surface area contributed by atoms with Crippen molar-refractivity contribution in [3.63, 3.8) is 0 Å². The zero-order valence-corrected chi connectivity index (χ0v) is 16.2. The van der Waals surface area contributed by atoms with E-state index in [-0.39, 0.29) is 11.8 Å². The van der Waals surface area contributed by atoms with Crippen LogP contribution in [0.3, 0.4) is 0 Å². The van der Waals surface area contributed by atoms with Crippen molar-refractivity contribution in [2.75, 3.05) is 6.54 Å². The molecule has 0 fully saturated rings. The van der Waals surface area contributed by atoms with Gasteiger partial charge >= 0.3 is 0 Å². The molecular formula is C22H22N2O3S. The van der Waals surface area contributed by atoms with Crippen molar-refractivity contribution in [1.29, 1.82) is 0 Å². The maximum absolute atomic E-state index is 12.0. The van der Waals surface area contributed by atoms with E-state index in [1.54, 1.807) is 11.4 Å². The van der Waals surface area contributed by atoms with Crippen LogP contribution in [-0.4, -0.2) is 18.4 Å². The Kier molecular flexibility index (Phi) is 7.21. The number of benzene rings is 2. The van der Waals surface area contributed by atoms with Gasteiger partial charge in [-0.15, -0.1) is 0 Å². The molecule has 6 heteroatoms. The molecule has 0 aliphatic heterocycles. The lowest BCUT2D eigenvalue weighted by atomic mass is 10.2. The third-order valence-corrected chi connectivity index (χ3v) is 4.70. The average Bonchev–Trinajstić information content (AvgIpc) is 3.26. The molecule has 1 heterocycles. The Labute approximate surface area is 168 Å². The minimum atomic E-state index is -0.100. The monoisotopic (exact) mass is 394 g/mol. The van der Waals surface area contributed by atoms with E-state index in [4.69, 9.17) is 4.74 Å². The normalized spacial score (nSPS) is 10.3. The molecule has 2 aromatic carbocycles. The predicted octanol–water partition coefficient (Wildman–Crippen LogP) is 4.37. The first-order valence-electron chi connectivity index (χ1n) is 9.09. The van der Waals surface area contributed by atoms with Crippen LogP contribution in [0.5, 0.6) is 11.5 Å². The second-order valence-electron chi connectivity index (χ2n) is 6.21. The average molecular weight is 394 g/mol. The lowest BCUT2D eigenvalue weighted by molar-refractivity contribution is -0.121. The summed E-state index contributed by atoms with van der Waals surface area (Å²) in [4.78, 5) is 23.8. The van der Waals surface area contributed by atoms with Crippen molar-refractivity contribution in [3.05, 3.63) is 82.6 Å². The molecule has 3 rings (SSSR count). The van der Waals surface area contributed by atoms with Gasteiger partial charge in [0.1, 0.15) is 11.5 Å². The van der Waals surface area contributed by atoms with Gasteiger partial charge in [0.15, 0.2) is 0 Å². The minimum absolute atomic E-state index is 0.0424. The molecule has 0 radical (unpaired) electrons. The van der Waals surface area contributed by atoms with Crippen molar-refractivity contribution in [2.45, 2.75) is 19.4 Å². The van der Waals surface area contributed by atoms with Crippen molar-refractivity contribution in [1.82, 2.24) is 10.6 Å². The zero-order valence-electron chi connectivity index (χ0n) is 15.4. The molecule has 0 bridgehead atoms. The van der Waals surface area contributed by atoms with Crippen molar-refractivity contribution in [3.8, 4) is 11.5 Å². The number of thiophene rings is 1. The van der Waals surface area contributed by atoms with Crippen LogP contribution in [-0.2, 0) is 11.3 Å². The summed E-state index contributed by atoms with van der Waals surface area (Å²) in [7, 11) is 0. The van der Waals surface area contributed by atoms with E-state index >= 15 is 0 Å². The third kappa shape index (κ3) is 6.25. The molecule has 2 N–H and O–H groups in total. The highest BCUT2D eigenvalue weighted by Crippen LogP contribution is 2.21. The van der Waals surface area contributed by atoms with Crippen LogP contribution in [0.25, 0.3) is 0 Å². The number of carbonyl (C=O) groups is 2. The van der Waals surface area contributed by atoms with Crippen LogP contribution >= 0.6 is 11.3 Å². The fraction of sp³-hybridized carbons (Fsp3) is 0.182. The number of amides is 2. The summed E-state index contributed by atoms with van der Waals surface area (Å²) in [5.41, 5.74) is 1.62. The van der Waals surface area contributed by atoms with E-state index in [0.717, 1.165) is 17.1 Å². The molecule has 3 aromatic rings. The largest absolute Gasteiger partial charge is 0.457 e. The predicted molar refractivity (Wildman–Crippen MR) is 111 cm³/mol. The quantitative estimate of drug-likeness (QED) is 0.530. The number of ether oxygens (including phenoxy) is 1. The van der Waals surface area contributed by atoms with E-state index in [1.165, 1.54) is 11.3 Å². The second-order valence-corrected chi connectivity index (χ2v) is 6.99. The van der Waals surface area contributed by atoms with Crippen molar-refractivity contribution < 1.29 is 14.3 Å². The van der Waals surface area contributed by atoms with Crippen LogP contribution in [0.15, 0.2) is 71.4 Å². The first kappa shape index (κ1) is 19.6. The van der Waals surface area contributed by atoms with E-state index < -0.39 is 0 Å². The Hall–Kier alpha value is -3.12. The van der Waals surface area contributed by atoms with Gasteiger partial charge in [-0.1, -0.05) is 30.3 Å². The van der Waals surface area contributed by atoms with Crippen LogP contribution in [0, 0.1) is 0 Å². The van der Waals surface area contributed by atoms with Crippen LogP contribution < -0.4 is 15.4 Å². The lowest BCUT2D eigenvalue weighted by Gasteiger charge is -2.09. The summed E-state index contributed by atoms with van der Waals surface area (Å²) in [6, 6.07) is 19.0. The van der Waals surface area contributed by atoms with Gasteiger partial charge in [0.2, 0.25) is 5.91 Å². The molecular weight excluding hydrogens is 372 g/mol. The molecule has 2 amide bonds. The highest BCUT2D eigenvalue weighted by atomic mass is 32.1. The Balaban J connectivity index is 1.37. The third-order valence-electron chi connectivity index (χ3n) is 4.02. The van der Waals surface area contributed by atoms with Crippen molar-refractivity contribution in [2.24, 2.45) is 0 Å². The van der Waals surface area contributed by atoms with Gasteiger partial charge in [0, 0.05) is 30.5 Å². The number of hydrogen-bond donors (Lipinski definition) is 2. The number of carbonyl (C=O) groups excluding carboxylic acids is 2. The summed E-state index contributed by atoms with van der Waals surface area (Å²) in [6.45, 7) is 0.911. The Bertz CT molecular complexity index is 895. The van der Waals surface area contributed by atoms with Crippen LogP contribution in [0.1, 0.15) is 28.8 Å². The van der Waals surface area contributed by atoms with E-state index in [1.807, 2.05) is 60.0 Å². The number of nitrogens with one attached hydrogen (secondary N) is 2. The van der Waals surface area contributed by atoms with Gasteiger partial charge in [-0.25, -0.2) is 0 Å². The van der Waals surface area contributed by atoms with E-state index in [2.05, 4.69) is 10.6 Å². The Morgan fingerprint density at radius 3 is 2.54 bits per heavy atom. The molecule has 144 valence electrons. The van der Waals surface area contributed by atoms with Gasteiger partial charge in [-0.05, 0) is 47.7 Å². The number of hydrogen-bond acceptors (Lipinski definition) is 4. The SMILES string of the molecule is O=C(CCCNC(=O)c1ccsc1)NCc1cccc(Oc2ccccc2)c1. The van der Waals surface area contributed by atoms with Crippen molar-refractivity contribution >= 4 is 23.2 Å². The summed E-state index contributed by atoms with van der Waals surface area (Å²) in [5, 5.41) is 9.38. The fourth-order valence-corrected chi connectivity index (χ4v) is 3.22. The lowest BCUT2D eigenvalue weighted by Crippen LogP contribution is -2.27. The van der Waals surface area contributed by atoms with Gasteiger partial charge in [-0.3, -0.25) is 9.59 Å². The van der Waals surface area contributed by atoms with Gasteiger partial charge in [0.25, 0.3) is 5.91 Å². The molecule has 28 heavy (non-hydrogen) atoms. The summed E-state index contributed by atoms with van der Waals surface area (Å²) < 4.78 is 5.81. The Morgan fingerprint density at radius 2 is 1.75 bits per heavy atom. The highest BCUT2D eigenvalue weighted by Gasteiger charge is 2.06. The van der Waals surface area contributed by atoms with Gasteiger partial charge in [-0.2, -0.15) is 11.3 Å². The highest BCUT2D eigenvalue weighted by molar-refractivity contribution is 7.08. The number of rotatable bonds is 9. The first-order valence-corrected chi connectivity index (χ1v) is 10.0. The summed E-state index contributed by atoms with van der Waals surface area (Å²) >= 11 is 1.48. The molecule has 0 aliphatic rings. The topological polar surface area (TPSA) is 67.4 Å². The van der Waals surface area contributed by atoms with Gasteiger partial charge < -0.3 is 15.4 Å².